The van der Waals surface area contributed by atoms with Crippen LogP contribution in [0.25, 0.3) is 21.5 Å². The molecule has 2 aromatic heterocycles. The van der Waals surface area contributed by atoms with Gasteiger partial charge in [0.25, 0.3) is 0 Å². The zero-order chi connectivity index (χ0) is 12.4. The minimum Gasteiger partial charge on any atom is -0.419 e. The van der Waals surface area contributed by atoms with Gasteiger partial charge in [0.15, 0.2) is 0 Å². The lowest BCUT2D eigenvalue weighted by Crippen LogP contribution is -2.11. The first-order valence-electron chi connectivity index (χ1n) is 5.88. The average molecular weight is 259 g/mol. The van der Waals surface area contributed by atoms with E-state index >= 15 is 0 Å². The lowest BCUT2D eigenvalue weighted by atomic mass is 10.2. The van der Waals surface area contributed by atoms with E-state index in [1.165, 1.54) is 10.1 Å². The van der Waals surface area contributed by atoms with E-state index in [-0.39, 0.29) is 0 Å². The fourth-order valence-corrected chi connectivity index (χ4v) is 2.74. The number of benzene rings is 1. The molecular formula is C13H13N3OS. The number of hydrogen-bond donors (Lipinski definition) is 1. The zero-order valence-electron chi connectivity index (χ0n) is 10.0. The van der Waals surface area contributed by atoms with Crippen molar-refractivity contribution in [2.45, 2.75) is 13.5 Å². The van der Waals surface area contributed by atoms with Gasteiger partial charge in [-0.15, -0.1) is 21.5 Å². The number of aromatic nitrogens is 2. The van der Waals surface area contributed by atoms with Crippen LogP contribution in [0.4, 0.5) is 0 Å². The van der Waals surface area contributed by atoms with Crippen molar-refractivity contribution in [3.8, 4) is 11.5 Å². The van der Waals surface area contributed by atoms with E-state index < -0.39 is 0 Å². The lowest BCUT2D eigenvalue weighted by Gasteiger charge is -1.94. The Bertz CT molecular complexity index is 659. The summed E-state index contributed by atoms with van der Waals surface area (Å²) in [6.07, 6.45) is 0. The molecule has 0 unspecified atom stereocenters. The van der Waals surface area contributed by atoms with Gasteiger partial charge in [0.1, 0.15) is 0 Å². The van der Waals surface area contributed by atoms with Gasteiger partial charge in [-0.2, -0.15) is 0 Å². The van der Waals surface area contributed by atoms with Gasteiger partial charge in [-0.3, -0.25) is 0 Å². The summed E-state index contributed by atoms with van der Waals surface area (Å²) in [6, 6.07) is 8.23. The van der Waals surface area contributed by atoms with Crippen molar-refractivity contribution in [2.75, 3.05) is 6.54 Å². The van der Waals surface area contributed by atoms with E-state index in [0.29, 0.717) is 18.3 Å². The molecule has 92 valence electrons. The standard InChI is InChI=1S/C13H13N3OS/c1-2-14-7-12-15-16-13(17-12)10-8-18-11-6-4-3-5-9(10)11/h3-6,8,14H,2,7H2,1H3. The molecule has 0 aliphatic heterocycles. The van der Waals surface area contributed by atoms with Crippen molar-refractivity contribution in [3.63, 3.8) is 0 Å². The predicted octanol–water partition coefficient (Wildman–Crippen LogP) is 3.06. The molecule has 0 aliphatic carbocycles. The van der Waals surface area contributed by atoms with Gasteiger partial charge >= 0.3 is 0 Å². The summed E-state index contributed by atoms with van der Waals surface area (Å²) in [5.74, 6) is 1.22. The third-order valence-corrected chi connectivity index (χ3v) is 3.67. The molecule has 0 radical (unpaired) electrons. The molecule has 2 heterocycles. The van der Waals surface area contributed by atoms with Gasteiger partial charge in [0.2, 0.25) is 11.8 Å². The summed E-state index contributed by atoms with van der Waals surface area (Å²) in [6.45, 7) is 3.55. The van der Waals surface area contributed by atoms with Crippen molar-refractivity contribution >= 4 is 21.4 Å². The van der Waals surface area contributed by atoms with Gasteiger partial charge in [-0.05, 0) is 12.6 Å². The Balaban J connectivity index is 1.96. The summed E-state index contributed by atoms with van der Waals surface area (Å²) in [4.78, 5) is 0. The number of thiophene rings is 1. The van der Waals surface area contributed by atoms with Crippen molar-refractivity contribution in [1.29, 1.82) is 0 Å². The van der Waals surface area contributed by atoms with Crippen LogP contribution in [0.3, 0.4) is 0 Å². The first-order chi connectivity index (χ1) is 8.88. The molecule has 0 spiro atoms. The summed E-state index contributed by atoms with van der Waals surface area (Å²) in [7, 11) is 0. The highest BCUT2D eigenvalue weighted by Crippen LogP contribution is 2.32. The third kappa shape index (κ3) is 2.02. The number of rotatable bonds is 4. The highest BCUT2D eigenvalue weighted by molar-refractivity contribution is 7.17. The molecule has 0 saturated heterocycles. The second kappa shape index (κ2) is 4.88. The minimum atomic E-state index is 0.598. The molecule has 3 rings (SSSR count). The molecule has 0 bridgehead atoms. The summed E-state index contributed by atoms with van der Waals surface area (Å²) >= 11 is 1.69. The molecule has 1 N–H and O–H groups in total. The second-order valence-electron chi connectivity index (χ2n) is 3.93. The van der Waals surface area contributed by atoms with Crippen LogP contribution < -0.4 is 5.32 Å². The number of fused-ring (bicyclic) bond motifs is 1. The Hall–Kier alpha value is -1.72. The van der Waals surface area contributed by atoms with Gasteiger partial charge in [0, 0.05) is 15.5 Å². The highest BCUT2D eigenvalue weighted by atomic mass is 32.1. The fourth-order valence-electron chi connectivity index (χ4n) is 1.81. The van der Waals surface area contributed by atoms with E-state index in [4.69, 9.17) is 4.42 Å². The average Bonchev–Trinajstić information content (AvgIpc) is 3.02. The molecule has 0 amide bonds. The fraction of sp³-hybridized carbons (Fsp3) is 0.231. The Labute approximate surface area is 109 Å². The van der Waals surface area contributed by atoms with Crippen LogP contribution in [0.15, 0.2) is 34.1 Å². The predicted molar refractivity (Wildman–Crippen MR) is 72.5 cm³/mol. The smallest absolute Gasteiger partial charge is 0.249 e. The molecule has 3 aromatic rings. The third-order valence-electron chi connectivity index (χ3n) is 2.70. The van der Waals surface area contributed by atoms with E-state index in [1.807, 2.05) is 19.1 Å². The first-order valence-corrected chi connectivity index (χ1v) is 6.76. The zero-order valence-corrected chi connectivity index (χ0v) is 10.8. The monoisotopic (exact) mass is 259 g/mol. The summed E-state index contributed by atoms with van der Waals surface area (Å²) < 4.78 is 6.90. The Morgan fingerprint density at radius 2 is 2.17 bits per heavy atom. The molecule has 0 aliphatic rings. The van der Waals surface area contributed by atoms with E-state index in [1.54, 1.807) is 11.3 Å². The molecule has 0 fully saturated rings. The van der Waals surface area contributed by atoms with Crippen LogP contribution in [0.2, 0.25) is 0 Å². The molecule has 1 aromatic carbocycles. The summed E-state index contributed by atoms with van der Waals surface area (Å²) in [5, 5.41) is 14.6. The molecule has 0 atom stereocenters. The van der Waals surface area contributed by atoms with Gasteiger partial charge in [0.05, 0.1) is 12.1 Å². The molecule has 0 saturated carbocycles. The van der Waals surface area contributed by atoms with Gasteiger partial charge in [-0.1, -0.05) is 25.1 Å². The minimum absolute atomic E-state index is 0.598. The number of nitrogens with one attached hydrogen (secondary N) is 1. The maximum Gasteiger partial charge on any atom is 0.249 e. The largest absolute Gasteiger partial charge is 0.419 e. The topological polar surface area (TPSA) is 51.0 Å². The molecular weight excluding hydrogens is 246 g/mol. The SMILES string of the molecule is CCNCc1nnc(-c2csc3ccccc23)o1. The maximum absolute atomic E-state index is 5.66. The van der Waals surface area contributed by atoms with Crippen LogP contribution in [0.5, 0.6) is 0 Å². The maximum atomic E-state index is 5.66. The Kier molecular flexibility index (Phi) is 3.08. The first kappa shape index (κ1) is 11.4. The van der Waals surface area contributed by atoms with Crippen molar-refractivity contribution in [1.82, 2.24) is 15.5 Å². The van der Waals surface area contributed by atoms with Gasteiger partial charge in [-0.25, -0.2) is 0 Å². The lowest BCUT2D eigenvalue weighted by molar-refractivity contribution is 0.482. The van der Waals surface area contributed by atoms with Crippen molar-refractivity contribution < 1.29 is 4.42 Å². The molecule has 5 heteroatoms. The van der Waals surface area contributed by atoms with Crippen molar-refractivity contribution in [3.05, 3.63) is 35.5 Å². The van der Waals surface area contributed by atoms with Crippen LogP contribution in [-0.2, 0) is 6.54 Å². The molecule has 4 nitrogen and oxygen atoms in total. The van der Waals surface area contributed by atoms with Crippen LogP contribution in [0.1, 0.15) is 12.8 Å². The number of nitrogens with zero attached hydrogens (tertiary/aromatic N) is 2. The van der Waals surface area contributed by atoms with Crippen LogP contribution in [-0.4, -0.2) is 16.7 Å². The quantitative estimate of drug-likeness (QED) is 0.782. The van der Waals surface area contributed by atoms with E-state index in [0.717, 1.165) is 12.1 Å². The normalized spacial score (nSPS) is 11.2. The Morgan fingerprint density at radius 3 is 3.06 bits per heavy atom. The van der Waals surface area contributed by atoms with E-state index in [9.17, 15) is 0 Å². The number of hydrogen-bond acceptors (Lipinski definition) is 5. The summed E-state index contributed by atoms with van der Waals surface area (Å²) in [5.41, 5.74) is 1.02. The Morgan fingerprint density at radius 1 is 1.28 bits per heavy atom. The van der Waals surface area contributed by atoms with Crippen LogP contribution >= 0.6 is 11.3 Å². The van der Waals surface area contributed by atoms with Crippen LogP contribution in [0, 0.1) is 0 Å². The second-order valence-corrected chi connectivity index (χ2v) is 4.84. The molecule has 18 heavy (non-hydrogen) atoms. The highest BCUT2D eigenvalue weighted by Gasteiger charge is 2.12. The van der Waals surface area contributed by atoms with E-state index in [2.05, 4.69) is 33.0 Å². The van der Waals surface area contributed by atoms with Crippen molar-refractivity contribution in [2.24, 2.45) is 0 Å². The van der Waals surface area contributed by atoms with Gasteiger partial charge < -0.3 is 9.73 Å².